The van der Waals surface area contributed by atoms with E-state index >= 15 is 4.11 Å². The lowest BCUT2D eigenvalue weighted by molar-refractivity contribution is 0.236. The molecule has 0 bridgehead atoms. The Kier molecular flexibility index (Phi) is 3.82. The fourth-order valence-electron chi connectivity index (χ4n) is 2.61. The normalized spacial score (nSPS) is 18.2. The number of hydrogen-bond acceptors (Lipinski definition) is 3. The molecule has 0 unspecified atom stereocenters. The Hall–Kier alpha value is -1.49. The Morgan fingerprint density at radius 3 is 1.67 bits per heavy atom. The molecule has 0 spiro atoms. The average Bonchev–Trinajstić information content (AvgIpc) is 2.67. The molecule has 1 aliphatic heterocycles. The highest BCUT2D eigenvalue weighted by molar-refractivity contribution is 6.72. The van der Waals surface area contributed by atoms with Gasteiger partial charge in [-0.05, 0) is 53.7 Å². The Labute approximate surface area is 128 Å². The zero-order valence-electron chi connectivity index (χ0n) is 13.8. The van der Waals surface area contributed by atoms with Crippen LogP contribution >= 0.6 is 0 Å². The molecule has 0 fully saturated rings. The molecule has 1 N–H and O–H groups in total. The van der Waals surface area contributed by atoms with Crippen molar-refractivity contribution in [1.29, 1.82) is 0 Å². The van der Waals surface area contributed by atoms with Gasteiger partial charge >= 0.3 is 8.89 Å². The second-order valence-electron chi connectivity index (χ2n) is 7.46. The summed E-state index contributed by atoms with van der Waals surface area (Å²) < 4.78 is 19.9. The molecule has 0 saturated carbocycles. The number of rotatable bonds is 2. The maximum Gasteiger partial charge on any atom is 0.581 e. The molecule has 21 heavy (non-hydrogen) atoms. The third-order valence-electron chi connectivity index (χ3n) is 3.53. The number of benzene rings is 1. The largest absolute Gasteiger partial charge is 0.581 e. The zero-order valence-corrected chi connectivity index (χ0v) is 14.8. The number of hydrogen-bond donors (Lipinski definition) is 1. The summed E-state index contributed by atoms with van der Waals surface area (Å²) in [4.78, 5) is 3.19. The summed E-state index contributed by atoms with van der Waals surface area (Å²) in [6.45, 7) is 12.2. The standard InChI is InChI=1S/C16H26FN3Si/c1-15(2,3)19-12-13-20(16(4,5)6)21(19,17)18-14-10-8-7-9-11-14/h7-13,18H,1-6H3. The molecule has 0 amide bonds. The van der Waals surface area contributed by atoms with E-state index in [-0.39, 0.29) is 11.1 Å². The monoisotopic (exact) mass is 307 g/mol. The average molecular weight is 307 g/mol. The smallest absolute Gasteiger partial charge is 0.352 e. The molecule has 5 heteroatoms. The molecule has 0 aromatic heterocycles. The van der Waals surface area contributed by atoms with E-state index in [1.165, 1.54) is 0 Å². The lowest BCUT2D eigenvalue weighted by atomic mass is 10.1. The summed E-state index contributed by atoms with van der Waals surface area (Å²) in [5.41, 5.74) is 0.261. The van der Waals surface area contributed by atoms with Gasteiger partial charge in [0.25, 0.3) is 0 Å². The molecule has 0 radical (unpaired) electrons. The van der Waals surface area contributed by atoms with Crippen LogP contribution in [0.15, 0.2) is 42.7 Å². The predicted molar refractivity (Wildman–Crippen MR) is 89.3 cm³/mol. The van der Waals surface area contributed by atoms with Crippen molar-refractivity contribution in [2.45, 2.75) is 52.6 Å². The summed E-state index contributed by atoms with van der Waals surface area (Å²) in [5.74, 6) is 0. The first-order valence-corrected chi connectivity index (χ1v) is 9.12. The molecule has 0 aliphatic carbocycles. The second-order valence-corrected chi connectivity index (χ2v) is 9.85. The molecule has 1 heterocycles. The Morgan fingerprint density at radius 1 is 0.857 bits per heavy atom. The summed E-state index contributed by atoms with van der Waals surface area (Å²) in [6.07, 6.45) is 3.76. The topological polar surface area (TPSA) is 18.5 Å². The zero-order chi connectivity index (χ0) is 15.9. The minimum Gasteiger partial charge on any atom is -0.352 e. The van der Waals surface area contributed by atoms with Crippen molar-refractivity contribution < 1.29 is 4.11 Å². The van der Waals surface area contributed by atoms with Crippen LogP contribution in [0.3, 0.4) is 0 Å². The third kappa shape index (κ3) is 3.07. The van der Waals surface area contributed by atoms with E-state index in [0.717, 1.165) is 5.69 Å². The van der Waals surface area contributed by atoms with Crippen molar-refractivity contribution in [2.75, 3.05) is 4.98 Å². The summed E-state index contributed by atoms with van der Waals surface area (Å²) in [7, 11) is -3.55. The van der Waals surface area contributed by atoms with Gasteiger partial charge in [0.15, 0.2) is 0 Å². The van der Waals surface area contributed by atoms with Crippen molar-refractivity contribution in [2.24, 2.45) is 0 Å². The fraction of sp³-hybridized carbons (Fsp3) is 0.500. The molecule has 0 saturated heterocycles. The van der Waals surface area contributed by atoms with Gasteiger partial charge in [0.1, 0.15) is 0 Å². The van der Waals surface area contributed by atoms with Crippen molar-refractivity contribution in [3.05, 3.63) is 42.7 Å². The van der Waals surface area contributed by atoms with Crippen LogP contribution in [0.25, 0.3) is 0 Å². The van der Waals surface area contributed by atoms with Gasteiger partial charge in [-0.2, -0.15) is 0 Å². The van der Waals surface area contributed by atoms with Gasteiger partial charge in [-0.3, -0.25) is 0 Å². The Balaban J connectivity index is 2.41. The SMILES string of the molecule is CC(C)(C)N1C=CN(C(C)(C)C)[Si]1(F)Nc1ccccc1. The van der Waals surface area contributed by atoms with E-state index in [2.05, 4.69) is 4.98 Å². The van der Waals surface area contributed by atoms with Gasteiger partial charge < -0.3 is 14.1 Å². The molecule has 1 aromatic carbocycles. The van der Waals surface area contributed by atoms with E-state index in [0.29, 0.717) is 0 Å². The van der Waals surface area contributed by atoms with Crippen molar-refractivity contribution in [1.82, 2.24) is 9.13 Å². The molecule has 2 rings (SSSR count). The van der Waals surface area contributed by atoms with Crippen molar-refractivity contribution >= 4 is 14.6 Å². The van der Waals surface area contributed by atoms with Gasteiger partial charge in [-0.15, -0.1) is 0 Å². The van der Waals surface area contributed by atoms with Gasteiger partial charge in [0.05, 0.1) is 0 Å². The van der Waals surface area contributed by atoms with E-state index in [4.69, 9.17) is 0 Å². The predicted octanol–water partition coefficient (Wildman–Crippen LogP) is 4.19. The quantitative estimate of drug-likeness (QED) is 0.653. The highest BCUT2D eigenvalue weighted by Crippen LogP contribution is 2.36. The van der Waals surface area contributed by atoms with Crippen LogP contribution < -0.4 is 4.98 Å². The van der Waals surface area contributed by atoms with Crippen LogP contribution in [-0.2, 0) is 0 Å². The third-order valence-corrected chi connectivity index (χ3v) is 7.05. The first-order chi connectivity index (χ1) is 9.55. The number of nitrogens with zero attached hydrogens (tertiary/aromatic N) is 2. The molecule has 0 atom stereocenters. The van der Waals surface area contributed by atoms with Crippen molar-refractivity contribution in [3.63, 3.8) is 0 Å². The Morgan fingerprint density at radius 2 is 1.29 bits per heavy atom. The lowest BCUT2D eigenvalue weighted by Crippen LogP contribution is -2.69. The fourth-order valence-corrected chi connectivity index (χ4v) is 5.92. The van der Waals surface area contributed by atoms with Crippen LogP contribution in [0, 0.1) is 0 Å². The van der Waals surface area contributed by atoms with Gasteiger partial charge in [-0.25, -0.2) is 4.11 Å². The van der Waals surface area contributed by atoms with E-state index in [1.807, 2.05) is 93.4 Å². The first kappa shape index (κ1) is 15.9. The van der Waals surface area contributed by atoms with Crippen LogP contribution in [0.2, 0.25) is 0 Å². The van der Waals surface area contributed by atoms with Crippen LogP contribution in [0.5, 0.6) is 0 Å². The maximum atomic E-state index is 16.1. The van der Waals surface area contributed by atoms with E-state index in [1.54, 1.807) is 0 Å². The summed E-state index contributed by atoms with van der Waals surface area (Å²) in [5, 5.41) is 0. The van der Waals surface area contributed by atoms with Crippen LogP contribution in [-0.4, -0.2) is 29.1 Å². The minimum absolute atomic E-state index is 0.279. The first-order valence-electron chi connectivity index (χ1n) is 7.34. The van der Waals surface area contributed by atoms with Crippen LogP contribution in [0.4, 0.5) is 9.80 Å². The maximum absolute atomic E-state index is 16.1. The minimum atomic E-state index is -3.55. The van der Waals surface area contributed by atoms with E-state index < -0.39 is 8.89 Å². The number of para-hydroxylation sites is 1. The van der Waals surface area contributed by atoms with Crippen LogP contribution in [0.1, 0.15) is 41.5 Å². The number of anilines is 1. The lowest BCUT2D eigenvalue weighted by Gasteiger charge is -2.46. The highest BCUT2D eigenvalue weighted by Gasteiger charge is 2.58. The molecule has 3 nitrogen and oxygen atoms in total. The van der Waals surface area contributed by atoms with Crippen molar-refractivity contribution in [3.8, 4) is 0 Å². The van der Waals surface area contributed by atoms with Gasteiger partial charge in [0, 0.05) is 29.2 Å². The van der Waals surface area contributed by atoms with E-state index in [9.17, 15) is 0 Å². The molecular formula is C16H26FN3Si. The highest BCUT2D eigenvalue weighted by atomic mass is 28.4. The summed E-state index contributed by atoms with van der Waals surface area (Å²) in [6, 6.07) is 9.60. The molecule has 1 aliphatic rings. The molecule has 1 aromatic rings. The summed E-state index contributed by atoms with van der Waals surface area (Å²) >= 11 is 0. The van der Waals surface area contributed by atoms with Gasteiger partial charge in [-0.1, -0.05) is 18.2 Å². The molecular weight excluding hydrogens is 281 g/mol. The number of halogens is 1. The molecule has 116 valence electrons. The number of nitrogens with one attached hydrogen (secondary N) is 1. The van der Waals surface area contributed by atoms with Gasteiger partial charge in [0.2, 0.25) is 0 Å². The second kappa shape index (κ2) is 5.05. The Bertz CT molecular complexity index is 493.